The fraction of sp³-hybridized carbons (Fsp3) is 0.455. The molecule has 0 fully saturated rings. The van der Waals surface area contributed by atoms with E-state index in [9.17, 15) is 19.1 Å². The SMILES string of the molecule is CC1=C(F)C(C(CC(=O)O)NC(=O)C(Br)CC(C)C)C(F)(Cl)C(c2ccccc2F)=C1. The molecule has 0 radical (unpaired) electrons. The van der Waals surface area contributed by atoms with Crippen molar-refractivity contribution in [1.82, 2.24) is 5.32 Å². The number of halogens is 5. The summed E-state index contributed by atoms with van der Waals surface area (Å²) in [6, 6.07) is 3.79. The largest absolute Gasteiger partial charge is 0.481 e. The molecule has 0 aromatic heterocycles. The van der Waals surface area contributed by atoms with Crippen molar-refractivity contribution >= 4 is 45.0 Å². The standard InChI is InChI=1S/C22H24BrClF3NO3/c1-11(2)8-15(23)21(31)28-17(10-18(29)30)19-20(26)12(3)9-14(22(19,24)27)13-6-4-5-7-16(13)25/h4-7,9,11,15,17,19H,8,10H2,1-3H3,(H,28,31)(H,29,30). The fourth-order valence-electron chi connectivity index (χ4n) is 3.55. The Labute approximate surface area is 192 Å². The lowest BCUT2D eigenvalue weighted by atomic mass is 9.78. The summed E-state index contributed by atoms with van der Waals surface area (Å²) in [7, 11) is 0. The Morgan fingerprint density at radius 3 is 2.45 bits per heavy atom. The zero-order valence-corrected chi connectivity index (χ0v) is 19.6. The van der Waals surface area contributed by atoms with Crippen LogP contribution in [0.2, 0.25) is 0 Å². The monoisotopic (exact) mass is 521 g/mol. The summed E-state index contributed by atoms with van der Waals surface area (Å²) in [5, 5.41) is 8.75. The number of nitrogens with one attached hydrogen (secondary N) is 1. The number of alkyl halides is 3. The third-order valence-electron chi connectivity index (χ3n) is 5.01. The number of carboxylic acid groups (broad SMARTS) is 1. The molecule has 1 amide bonds. The molecule has 4 unspecified atom stereocenters. The average molecular weight is 523 g/mol. The Balaban J connectivity index is 2.50. The number of carbonyl (C=O) groups is 2. The number of hydrogen-bond acceptors (Lipinski definition) is 2. The molecular formula is C22H24BrClF3NO3. The van der Waals surface area contributed by atoms with Gasteiger partial charge < -0.3 is 10.4 Å². The summed E-state index contributed by atoms with van der Waals surface area (Å²) in [4.78, 5) is 23.3. The first-order valence-corrected chi connectivity index (χ1v) is 11.0. The highest BCUT2D eigenvalue weighted by Gasteiger charge is 2.52. The summed E-state index contributed by atoms with van der Waals surface area (Å²) in [6.45, 7) is 5.13. The minimum Gasteiger partial charge on any atom is -0.481 e. The Bertz CT molecular complexity index is 917. The topological polar surface area (TPSA) is 66.4 Å². The molecule has 0 saturated carbocycles. The van der Waals surface area contributed by atoms with Crippen LogP contribution in [0.5, 0.6) is 0 Å². The summed E-state index contributed by atoms with van der Waals surface area (Å²) in [6.07, 6.45) is 0.750. The number of benzene rings is 1. The summed E-state index contributed by atoms with van der Waals surface area (Å²) in [5.41, 5.74) is -0.534. The molecule has 2 rings (SSSR count). The maximum Gasteiger partial charge on any atom is 0.305 e. The van der Waals surface area contributed by atoms with E-state index in [2.05, 4.69) is 21.2 Å². The minimum absolute atomic E-state index is 0.0283. The van der Waals surface area contributed by atoms with Gasteiger partial charge in [0.05, 0.1) is 23.2 Å². The van der Waals surface area contributed by atoms with Crippen LogP contribution in [0.3, 0.4) is 0 Å². The van der Waals surface area contributed by atoms with E-state index >= 15 is 8.78 Å². The second-order valence-corrected chi connectivity index (χ2v) is 9.63. The van der Waals surface area contributed by atoms with Crippen LogP contribution in [0.1, 0.15) is 39.2 Å². The number of rotatable bonds is 8. The first-order chi connectivity index (χ1) is 14.4. The first-order valence-electron chi connectivity index (χ1n) is 9.73. The fourth-order valence-corrected chi connectivity index (χ4v) is 4.84. The lowest BCUT2D eigenvalue weighted by Crippen LogP contribution is -2.51. The highest BCUT2D eigenvalue weighted by atomic mass is 79.9. The molecule has 0 aliphatic heterocycles. The molecule has 0 bridgehead atoms. The molecule has 2 N–H and O–H groups in total. The van der Waals surface area contributed by atoms with Crippen molar-refractivity contribution in [3.8, 4) is 0 Å². The maximum atomic E-state index is 16.0. The molecule has 4 atom stereocenters. The van der Waals surface area contributed by atoms with E-state index in [0.717, 1.165) is 12.1 Å². The Hall–Kier alpha value is -1.80. The third-order valence-corrected chi connectivity index (χ3v) is 6.24. The smallest absolute Gasteiger partial charge is 0.305 e. The van der Waals surface area contributed by atoms with Crippen LogP contribution >= 0.6 is 27.5 Å². The zero-order valence-electron chi connectivity index (χ0n) is 17.3. The zero-order chi connectivity index (χ0) is 23.5. The van der Waals surface area contributed by atoms with Crippen molar-refractivity contribution in [3.05, 3.63) is 53.1 Å². The molecule has 9 heteroatoms. The number of hydrogen-bond donors (Lipinski definition) is 2. The predicted molar refractivity (Wildman–Crippen MR) is 118 cm³/mol. The van der Waals surface area contributed by atoms with Gasteiger partial charge in [-0.2, -0.15) is 0 Å². The summed E-state index contributed by atoms with van der Waals surface area (Å²) < 4.78 is 45.5. The number of amides is 1. The molecule has 170 valence electrons. The predicted octanol–water partition coefficient (Wildman–Crippen LogP) is 5.76. The van der Waals surface area contributed by atoms with Gasteiger partial charge in [-0.15, -0.1) is 0 Å². The van der Waals surface area contributed by atoms with E-state index < -0.39 is 51.9 Å². The molecule has 0 saturated heterocycles. The van der Waals surface area contributed by atoms with Gasteiger partial charge in [0.1, 0.15) is 11.6 Å². The van der Waals surface area contributed by atoms with E-state index in [0.29, 0.717) is 6.42 Å². The molecule has 1 aliphatic carbocycles. The van der Waals surface area contributed by atoms with Crippen molar-refractivity contribution in [1.29, 1.82) is 0 Å². The van der Waals surface area contributed by atoms with E-state index in [1.54, 1.807) is 0 Å². The van der Waals surface area contributed by atoms with Gasteiger partial charge in [0, 0.05) is 11.1 Å². The van der Waals surface area contributed by atoms with Gasteiger partial charge in [0.15, 0.2) is 0 Å². The van der Waals surface area contributed by atoms with Gasteiger partial charge in [-0.3, -0.25) is 9.59 Å². The van der Waals surface area contributed by atoms with E-state index in [1.807, 2.05) is 13.8 Å². The lowest BCUT2D eigenvalue weighted by molar-refractivity contribution is -0.138. The highest BCUT2D eigenvalue weighted by Crippen LogP contribution is 2.51. The maximum absolute atomic E-state index is 16.0. The number of aliphatic carboxylic acids is 1. The quantitative estimate of drug-likeness (QED) is 0.427. The van der Waals surface area contributed by atoms with E-state index in [1.165, 1.54) is 25.1 Å². The Morgan fingerprint density at radius 2 is 1.90 bits per heavy atom. The second-order valence-electron chi connectivity index (χ2n) is 7.98. The van der Waals surface area contributed by atoms with Crippen molar-refractivity contribution in [2.45, 2.75) is 49.6 Å². The van der Waals surface area contributed by atoms with Crippen LogP contribution < -0.4 is 5.32 Å². The van der Waals surface area contributed by atoms with E-state index in [-0.39, 0.29) is 22.6 Å². The van der Waals surface area contributed by atoms with Crippen LogP contribution in [-0.2, 0) is 9.59 Å². The van der Waals surface area contributed by atoms with Crippen molar-refractivity contribution < 1.29 is 27.9 Å². The molecular weight excluding hydrogens is 499 g/mol. The van der Waals surface area contributed by atoms with Gasteiger partial charge in [0.25, 0.3) is 0 Å². The molecule has 0 spiro atoms. The van der Waals surface area contributed by atoms with Gasteiger partial charge in [0.2, 0.25) is 11.0 Å². The molecule has 0 heterocycles. The summed E-state index contributed by atoms with van der Waals surface area (Å²) >= 11 is 9.39. The van der Waals surface area contributed by atoms with Crippen molar-refractivity contribution in [3.63, 3.8) is 0 Å². The van der Waals surface area contributed by atoms with Gasteiger partial charge >= 0.3 is 5.97 Å². The molecule has 1 aromatic rings. The Morgan fingerprint density at radius 1 is 1.29 bits per heavy atom. The number of allylic oxidation sites excluding steroid dienone is 3. The van der Waals surface area contributed by atoms with Crippen LogP contribution in [0.4, 0.5) is 13.2 Å². The van der Waals surface area contributed by atoms with E-state index in [4.69, 9.17) is 11.6 Å². The normalized spacial score (nSPS) is 23.4. The Kier molecular flexibility index (Phi) is 8.39. The van der Waals surface area contributed by atoms with Gasteiger partial charge in [-0.1, -0.05) is 59.6 Å². The molecule has 31 heavy (non-hydrogen) atoms. The van der Waals surface area contributed by atoms with Crippen LogP contribution in [0.15, 0.2) is 41.7 Å². The molecule has 1 aromatic carbocycles. The van der Waals surface area contributed by atoms with Gasteiger partial charge in [-0.05, 0) is 37.0 Å². The first kappa shape index (κ1) is 25.5. The van der Waals surface area contributed by atoms with Crippen LogP contribution in [-0.4, -0.2) is 33.0 Å². The second kappa shape index (κ2) is 10.2. The molecule has 4 nitrogen and oxygen atoms in total. The van der Waals surface area contributed by atoms with Crippen LogP contribution in [0.25, 0.3) is 5.57 Å². The highest BCUT2D eigenvalue weighted by molar-refractivity contribution is 9.10. The number of carbonyl (C=O) groups excluding carboxylic acids is 1. The average Bonchev–Trinajstić information content (AvgIpc) is 2.64. The number of carboxylic acids is 1. The third kappa shape index (κ3) is 5.92. The van der Waals surface area contributed by atoms with Crippen LogP contribution in [0, 0.1) is 17.7 Å². The lowest BCUT2D eigenvalue weighted by Gasteiger charge is -2.38. The minimum atomic E-state index is -3.00. The molecule has 1 aliphatic rings. The van der Waals surface area contributed by atoms with Gasteiger partial charge in [-0.25, -0.2) is 13.2 Å². The van der Waals surface area contributed by atoms with Crippen molar-refractivity contribution in [2.75, 3.05) is 0 Å². The summed E-state index contributed by atoms with van der Waals surface area (Å²) in [5.74, 6) is -5.47. The van der Waals surface area contributed by atoms with Crippen molar-refractivity contribution in [2.24, 2.45) is 11.8 Å².